The van der Waals surface area contributed by atoms with E-state index >= 15 is 0 Å². The summed E-state index contributed by atoms with van der Waals surface area (Å²) in [5.74, 6) is 0.121. The highest BCUT2D eigenvalue weighted by molar-refractivity contribution is 5.53. The fraction of sp³-hybridized carbons (Fsp3) is 0.500. The van der Waals surface area contributed by atoms with Crippen molar-refractivity contribution in [2.75, 3.05) is 19.3 Å². The van der Waals surface area contributed by atoms with E-state index in [9.17, 15) is 5.11 Å². The molecule has 0 aromatic heterocycles. The second-order valence-corrected chi connectivity index (χ2v) is 4.27. The summed E-state index contributed by atoms with van der Waals surface area (Å²) in [5.41, 5.74) is 7.07. The first-order chi connectivity index (χ1) is 7.49. The topological polar surface area (TPSA) is 69.7 Å². The van der Waals surface area contributed by atoms with E-state index < -0.39 is 0 Å². The number of nitrogen functional groups attached to an aromatic ring is 1. The van der Waals surface area contributed by atoms with Crippen molar-refractivity contribution in [3.05, 3.63) is 23.8 Å². The van der Waals surface area contributed by atoms with E-state index in [1.165, 1.54) is 0 Å². The van der Waals surface area contributed by atoms with Gasteiger partial charge in [-0.15, -0.1) is 0 Å². The van der Waals surface area contributed by atoms with Gasteiger partial charge in [-0.2, -0.15) is 0 Å². The quantitative estimate of drug-likeness (QED) is 0.519. The zero-order chi connectivity index (χ0) is 12.1. The van der Waals surface area contributed by atoms with E-state index in [2.05, 4.69) is 4.90 Å². The fourth-order valence-corrected chi connectivity index (χ4v) is 1.50. The van der Waals surface area contributed by atoms with Crippen LogP contribution >= 0.6 is 0 Å². The van der Waals surface area contributed by atoms with Crippen LogP contribution in [0.25, 0.3) is 0 Å². The number of aliphatic hydroxyl groups excluding tert-OH is 1. The number of aliphatic hydroxyl groups is 1. The first-order valence-corrected chi connectivity index (χ1v) is 5.43. The number of aromatic hydroxyl groups is 1. The number of nitrogens with zero attached hydrogens (tertiary/aromatic N) is 1. The number of benzene rings is 1. The number of rotatable bonds is 5. The van der Waals surface area contributed by atoms with Gasteiger partial charge in [0.15, 0.2) is 0 Å². The first-order valence-electron chi connectivity index (χ1n) is 5.43. The smallest absolute Gasteiger partial charge is 0.138 e. The van der Waals surface area contributed by atoms with Crippen LogP contribution in [0.1, 0.15) is 18.9 Å². The number of hydrogen-bond acceptors (Lipinski definition) is 4. The summed E-state index contributed by atoms with van der Waals surface area (Å²) >= 11 is 0. The molecule has 0 saturated carbocycles. The second-order valence-electron chi connectivity index (χ2n) is 4.27. The molecule has 4 N–H and O–H groups in total. The predicted molar refractivity (Wildman–Crippen MR) is 65.2 cm³/mol. The monoisotopic (exact) mass is 224 g/mol. The molecule has 0 heterocycles. The van der Waals surface area contributed by atoms with Gasteiger partial charge in [-0.25, -0.2) is 0 Å². The van der Waals surface area contributed by atoms with E-state index in [0.29, 0.717) is 5.69 Å². The number of phenolic OH excluding ortho intramolecular Hbond substituents is 1. The molecule has 1 atom stereocenters. The largest absolute Gasteiger partial charge is 0.506 e. The fourth-order valence-electron chi connectivity index (χ4n) is 1.50. The highest BCUT2D eigenvalue weighted by Gasteiger charge is 2.04. The molecule has 0 radical (unpaired) electrons. The Morgan fingerprint density at radius 2 is 2.12 bits per heavy atom. The third-order valence-corrected chi connectivity index (χ3v) is 2.47. The van der Waals surface area contributed by atoms with Crippen molar-refractivity contribution in [2.45, 2.75) is 26.0 Å². The van der Waals surface area contributed by atoms with Gasteiger partial charge in [-0.1, -0.05) is 6.07 Å². The molecular formula is C12H20N2O2. The highest BCUT2D eigenvalue weighted by Crippen LogP contribution is 2.21. The minimum Gasteiger partial charge on any atom is -0.506 e. The number of hydrogen-bond donors (Lipinski definition) is 3. The lowest BCUT2D eigenvalue weighted by Crippen LogP contribution is -2.22. The molecule has 90 valence electrons. The molecule has 0 aliphatic heterocycles. The molecular weight excluding hydrogens is 204 g/mol. The third kappa shape index (κ3) is 4.08. The molecule has 1 aromatic carbocycles. The second kappa shape index (κ2) is 5.72. The zero-order valence-electron chi connectivity index (χ0n) is 9.85. The van der Waals surface area contributed by atoms with Crippen LogP contribution in [-0.4, -0.2) is 34.8 Å². The van der Waals surface area contributed by atoms with E-state index in [1.807, 2.05) is 13.1 Å². The summed E-state index contributed by atoms with van der Waals surface area (Å²) in [6.45, 7) is 3.38. The molecule has 0 aliphatic rings. The first kappa shape index (κ1) is 12.8. The third-order valence-electron chi connectivity index (χ3n) is 2.47. The summed E-state index contributed by atoms with van der Waals surface area (Å²) in [5, 5.41) is 18.5. The number of nitrogens with two attached hydrogens (primary N) is 1. The average Bonchev–Trinajstić information content (AvgIpc) is 2.21. The Balaban J connectivity index is 2.49. The number of phenols is 1. The van der Waals surface area contributed by atoms with Gasteiger partial charge in [0.1, 0.15) is 5.75 Å². The van der Waals surface area contributed by atoms with Gasteiger partial charge in [0.05, 0.1) is 11.8 Å². The van der Waals surface area contributed by atoms with Gasteiger partial charge in [0.25, 0.3) is 0 Å². The molecule has 0 amide bonds. The van der Waals surface area contributed by atoms with Crippen molar-refractivity contribution in [3.63, 3.8) is 0 Å². The molecule has 4 heteroatoms. The molecule has 16 heavy (non-hydrogen) atoms. The maximum Gasteiger partial charge on any atom is 0.138 e. The van der Waals surface area contributed by atoms with E-state index in [0.717, 1.165) is 25.1 Å². The maximum absolute atomic E-state index is 9.28. The van der Waals surface area contributed by atoms with Crippen molar-refractivity contribution in [1.82, 2.24) is 4.90 Å². The average molecular weight is 224 g/mol. The summed E-state index contributed by atoms with van der Waals surface area (Å²) < 4.78 is 0. The predicted octanol–water partition coefficient (Wildman–Crippen LogP) is 1.18. The summed E-state index contributed by atoms with van der Waals surface area (Å²) in [7, 11) is 1.99. The van der Waals surface area contributed by atoms with Gasteiger partial charge in [0, 0.05) is 13.1 Å². The molecule has 4 nitrogen and oxygen atoms in total. The van der Waals surface area contributed by atoms with Crippen LogP contribution in [0.15, 0.2) is 18.2 Å². The van der Waals surface area contributed by atoms with Crippen molar-refractivity contribution in [2.24, 2.45) is 0 Å². The Labute approximate surface area is 96.3 Å². The minimum atomic E-state index is -0.271. The molecule has 0 aliphatic carbocycles. The van der Waals surface area contributed by atoms with E-state index in [4.69, 9.17) is 10.8 Å². The Kier molecular flexibility index (Phi) is 4.58. The Hall–Kier alpha value is -1.26. The zero-order valence-corrected chi connectivity index (χ0v) is 9.85. The maximum atomic E-state index is 9.28. The molecule has 0 spiro atoms. The van der Waals surface area contributed by atoms with Gasteiger partial charge >= 0.3 is 0 Å². The molecule has 0 fully saturated rings. The lowest BCUT2D eigenvalue weighted by Gasteiger charge is -2.17. The van der Waals surface area contributed by atoms with E-state index in [1.54, 1.807) is 19.1 Å². The highest BCUT2D eigenvalue weighted by atomic mass is 16.3. The van der Waals surface area contributed by atoms with Crippen LogP contribution < -0.4 is 5.73 Å². The Bertz CT molecular complexity index is 340. The van der Waals surface area contributed by atoms with Crippen LogP contribution in [0.2, 0.25) is 0 Å². The van der Waals surface area contributed by atoms with Crippen molar-refractivity contribution >= 4 is 5.69 Å². The Morgan fingerprint density at radius 3 is 2.69 bits per heavy atom. The van der Waals surface area contributed by atoms with Crippen molar-refractivity contribution < 1.29 is 10.2 Å². The van der Waals surface area contributed by atoms with Gasteiger partial charge in [-0.3, -0.25) is 0 Å². The van der Waals surface area contributed by atoms with Gasteiger partial charge in [-0.05, 0) is 38.1 Å². The summed E-state index contributed by atoms with van der Waals surface area (Å²) in [4.78, 5) is 2.11. The van der Waals surface area contributed by atoms with Crippen LogP contribution in [0.4, 0.5) is 5.69 Å². The molecule has 0 bridgehead atoms. The number of anilines is 1. The van der Waals surface area contributed by atoms with Crippen LogP contribution in [0.5, 0.6) is 5.75 Å². The molecule has 1 rings (SSSR count). The summed E-state index contributed by atoms with van der Waals surface area (Å²) in [6, 6.07) is 5.23. The van der Waals surface area contributed by atoms with Gasteiger partial charge < -0.3 is 20.8 Å². The SMILES string of the molecule is CC(O)CCN(C)Cc1ccc(O)c(N)c1. The van der Waals surface area contributed by atoms with E-state index in [-0.39, 0.29) is 11.9 Å². The summed E-state index contributed by atoms with van der Waals surface area (Å²) in [6.07, 6.45) is 0.483. The molecule has 0 saturated heterocycles. The van der Waals surface area contributed by atoms with Crippen molar-refractivity contribution in [3.8, 4) is 5.75 Å². The lowest BCUT2D eigenvalue weighted by molar-refractivity contribution is 0.163. The van der Waals surface area contributed by atoms with Crippen molar-refractivity contribution in [1.29, 1.82) is 0 Å². The normalized spacial score (nSPS) is 13.0. The van der Waals surface area contributed by atoms with Crippen LogP contribution in [0.3, 0.4) is 0 Å². The Morgan fingerprint density at radius 1 is 1.44 bits per heavy atom. The van der Waals surface area contributed by atoms with Crippen LogP contribution in [-0.2, 0) is 6.54 Å². The molecule has 1 aromatic rings. The minimum absolute atomic E-state index is 0.121. The van der Waals surface area contributed by atoms with Crippen LogP contribution in [0, 0.1) is 0 Å². The standard InChI is InChI=1S/C12H20N2O2/c1-9(15)5-6-14(2)8-10-3-4-12(16)11(13)7-10/h3-4,7,9,15-16H,5-6,8,13H2,1-2H3. The van der Waals surface area contributed by atoms with Gasteiger partial charge in [0.2, 0.25) is 0 Å². The lowest BCUT2D eigenvalue weighted by atomic mass is 10.1. The molecule has 1 unspecified atom stereocenters.